The number of nitrogens with one attached hydrogen (secondary N) is 3. The molecule has 2 aromatic carbocycles. The molecule has 0 spiro atoms. The number of hydrogen-bond donors (Lipinski definition) is 5. The van der Waals surface area contributed by atoms with Crippen molar-refractivity contribution in [2.45, 2.75) is 31.2 Å². The van der Waals surface area contributed by atoms with E-state index in [-0.39, 0.29) is 5.69 Å². The van der Waals surface area contributed by atoms with E-state index in [2.05, 4.69) is 10.6 Å². The number of hydrogen-bond acceptors (Lipinski definition) is 9. The molecular formula is C26H28N4O6S3. The molecular weight excluding hydrogens is 561 g/mol. The maximum Gasteiger partial charge on any atom is 0.407 e. The van der Waals surface area contributed by atoms with Crippen LogP contribution in [0.2, 0.25) is 0 Å². The van der Waals surface area contributed by atoms with Crippen LogP contribution in [0.4, 0.5) is 10.5 Å². The molecule has 0 aliphatic carbocycles. The number of aliphatic hydroxyl groups is 1. The minimum Gasteiger partial charge on any atom is -0.453 e. The molecule has 0 fully saturated rings. The van der Waals surface area contributed by atoms with Gasteiger partial charge in [-0.3, -0.25) is 14.6 Å². The number of methoxy groups -OCH3 is 1. The van der Waals surface area contributed by atoms with E-state index in [9.17, 15) is 18.3 Å². The Labute approximate surface area is 234 Å². The topological polar surface area (TPSA) is 150 Å². The second-order valence-corrected chi connectivity index (χ2v) is 11.6. The van der Waals surface area contributed by atoms with Crippen LogP contribution in [-0.4, -0.2) is 48.5 Å². The Balaban J connectivity index is 1.58. The summed E-state index contributed by atoms with van der Waals surface area (Å²) in [6, 6.07) is 18.8. The minimum atomic E-state index is -4.39. The molecule has 4 rings (SSSR count). The van der Waals surface area contributed by atoms with E-state index in [1.165, 1.54) is 30.6 Å². The highest BCUT2D eigenvalue weighted by Crippen LogP contribution is 2.30. The molecule has 5 N–H and O–H groups in total. The number of amides is 1. The number of alkyl carbamates (subject to hydrolysis) is 1. The fourth-order valence-corrected chi connectivity index (χ4v) is 6.01. The van der Waals surface area contributed by atoms with Gasteiger partial charge in [-0.1, -0.05) is 48.5 Å². The Morgan fingerprint density at radius 3 is 2.36 bits per heavy atom. The average molecular weight is 589 g/mol. The van der Waals surface area contributed by atoms with Crippen molar-refractivity contribution in [2.75, 3.05) is 11.8 Å². The first kappa shape index (κ1) is 28.7. The first-order valence-corrected chi connectivity index (χ1v) is 15.1. The Hall–Kier alpha value is -3.33. The van der Waals surface area contributed by atoms with E-state index in [4.69, 9.17) is 14.3 Å². The van der Waals surface area contributed by atoms with Crippen LogP contribution >= 0.6 is 22.7 Å². The number of thiazole rings is 1. The highest BCUT2D eigenvalue weighted by molar-refractivity contribution is 7.87. The van der Waals surface area contributed by atoms with Crippen LogP contribution in [0.3, 0.4) is 0 Å². The average Bonchev–Trinajstić information content (AvgIpc) is 3.61. The maximum atomic E-state index is 12.1. The fraction of sp³-hybridized carbons (Fsp3) is 0.231. The Bertz CT molecular complexity index is 1440. The zero-order chi connectivity index (χ0) is 27.8. The molecule has 0 radical (unpaired) electrons. The number of rotatable bonds is 12. The molecule has 13 heteroatoms. The summed E-state index contributed by atoms with van der Waals surface area (Å²) in [6.07, 6.45) is -1.07. The minimum absolute atomic E-state index is 0.213. The zero-order valence-electron chi connectivity index (χ0n) is 20.9. The van der Waals surface area contributed by atoms with E-state index in [0.717, 1.165) is 26.7 Å². The number of carbonyl (C=O) groups excluding carboxylic acids is 1. The Morgan fingerprint density at radius 2 is 1.72 bits per heavy atom. The van der Waals surface area contributed by atoms with Crippen molar-refractivity contribution in [1.29, 1.82) is 0 Å². The molecule has 39 heavy (non-hydrogen) atoms. The Kier molecular flexibility index (Phi) is 9.67. The van der Waals surface area contributed by atoms with E-state index < -0.39 is 34.7 Å². The summed E-state index contributed by atoms with van der Waals surface area (Å²) in [5.74, 6) is 0. The lowest BCUT2D eigenvalue weighted by atomic mass is 10.0. The van der Waals surface area contributed by atoms with Gasteiger partial charge in [-0.15, -0.1) is 22.7 Å². The fourth-order valence-electron chi connectivity index (χ4n) is 3.94. The van der Waals surface area contributed by atoms with Crippen molar-refractivity contribution in [2.24, 2.45) is 0 Å². The molecule has 2 heterocycles. The van der Waals surface area contributed by atoms with Crippen LogP contribution in [0.15, 0.2) is 77.5 Å². The molecule has 0 saturated heterocycles. The number of aromatic nitrogens is 1. The van der Waals surface area contributed by atoms with E-state index in [1.807, 2.05) is 57.9 Å². The quantitative estimate of drug-likeness (QED) is 0.122. The number of thiophene rings is 1. The van der Waals surface area contributed by atoms with Gasteiger partial charge in [-0.05, 0) is 47.5 Å². The van der Waals surface area contributed by atoms with Crippen molar-refractivity contribution < 1.29 is 27.6 Å². The summed E-state index contributed by atoms with van der Waals surface area (Å²) in [4.78, 5) is 17.9. The zero-order valence-corrected chi connectivity index (χ0v) is 23.3. The molecule has 1 unspecified atom stereocenters. The van der Waals surface area contributed by atoms with Crippen molar-refractivity contribution in [3.63, 3.8) is 0 Å². The maximum absolute atomic E-state index is 12.1. The first-order chi connectivity index (χ1) is 18.7. The molecule has 0 bridgehead atoms. The third-order valence-electron chi connectivity index (χ3n) is 5.77. The van der Waals surface area contributed by atoms with Gasteiger partial charge >= 0.3 is 16.4 Å². The van der Waals surface area contributed by atoms with E-state index in [0.29, 0.717) is 12.8 Å². The number of ether oxygens (including phenoxy) is 1. The van der Waals surface area contributed by atoms with E-state index >= 15 is 0 Å². The summed E-state index contributed by atoms with van der Waals surface area (Å²) in [5.41, 5.74) is 2.79. The van der Waals surface area contributed by atoms with Crippen molar-refractivity contribution in [1.82, 2.24) is 15.6 Å². The lowest BCUT2D eigenvalue weighted by molar-refractivity contribution is 0.0757. The second-order valence-electron chi connectivity index (χ2n) is 8.62. The lowest BCUT2D eigenvalue weighted by Gasteiger charge is -2.28. The highest BCUT2D eigenvalue weighted by atomic mass is 32.2. The number of aliphatic hydroxyl groups excluding tert-OH is 1. The number of carbonyl (C=O) groups is 1. The van der Waals surface area contributed by atoms with Gasteiger partial charge in [0.05, 0.1) is 35.5 Å². The SMILES string of the molecule is COC(=O)N[C@@H](Cc1ccccc1)C(O)N[C@@H](Cc1ccc(NS(=O)(=O)O)cc1)c1nc(-c2cccs2)cs1. The summed E-state index contributed by atoms with van der Waals surface area (Å²) in [6.45, 7) is 0. The van der Waals surface area contributed by atoms with E-state index in [1.54, 1.807) is 23.5 Å². The molecule has 10 nitrogen and oxygen atoms in total. The van der Waals surface area contributed by atoms with Gasteiger partial charge in [0.2, 0.25) is 0 Å². The smallest absolute Gasteiger partial charge is 0.407 e. The number of anilines is 1. The molecule has 4 aromatic rings. The molecule has 0 saturated carbocycles. The third-order valence-corrected chi connectivity index (χ3v) is 8.12. The van der Waals surface area contributed by atoms with Gasteiger partial charge in [-0.25, -0.2) is 9.78 Å². The van der Waals surface area contributed by atoms with Crippen LogP contribution in [0, 0.1) is 0 Å². The monoisotopic (exact) mass is 588 g/mol. The predicted molar refractivity (Wildman–Crippen MR) is 152 cm³/mol. The van der Waals surface area contributed by atoms with Crippen LogP contribution in [0.1, 0.15) is 22.2 Å². The van der Waals surface area contributed by atoms with Gasteiger partial charge < -0.3 is 15.2 Å². The normalized spacial score (nSPS) is 13.8. The summed E-state index contributed by atoms with van der Waals surface area (Å²) in [7, 11) is -3.12. The summed E-state index contributed by atoms with van der Waals surface area (Å²) in [5, 5.41) is 21.9. The van der Waals surface area contributed by atoms with Crippen LogP contribution in [0.5, 0.6) is 0 Å². The predicted octanol–water partition coefficient (Wildman–Crippen LogP) is 4.25. The van der Waals surface area contributed by atoms with Gasteiger partial charge in [0, 0.05) is 5.38 Å². The molecule has 0 aliphatic rings. The first-order valence-electron chi connectivity index (χ1n) is 11.9. The Morgan fingerprint density at radius 1 is 1.00 bits per heavy atom. The number of nitrogens with zero attached hydrogens (tertiary/aromatic N) is 1. The van der Waals surface area contributed by atoms with Gasteiger partial charge in [0.25, 0.3) is 0 Å². The van der Waals surface area contributed by atoms with Gasteiger partial charge in [-0.2, -0.15) is 8.42 Å². The molecule has 2 aromatic heterocycles. The lowest BCUT2D eigenvalue weighted by Crippen LogP contribution is -2.52. The van der Waals surface area contributed by atoms with Gasteiger partial charge in [0.15, 0.2) is 0 Å². The molecule has 0 aliphatic heterocycles. The summed E-state index contributed by atoms with van der Waals surface area (Å²) < 4.78 is 38.1. The third kappa shape index (κ3) is 8.58. The van der Waals surface area contributed by atoms with Crippen molar-refractivity contribution in [3.8, 4) is 10.6 Å². The van der Waals surface area contributed by atoms with Gasteiger partial charge in [0.1, 0.15) is 11.2 Å². The summed E-state index contributed by atoms with van der Waals surface area (Å²) >= 11 is 3.02. The number of benzene rings is 2. The van der Waals surface area contributed by atoms with Crippen molar-refractivity contribution >= 4 is 44.8 Å². The van der Waals surface area contributed by atoms with Crippen LogP contribution < -0.4 is 15.4 Å². The van der Waals surface area contributed by atoms with Crippen LogP contribution in [0.25, 0.3) is 10.6 Å². The second kappa shape index (κ2) is 13.2. The standard InChI is InChI=1S/C26H28N4O6S3/c1-36-26(32)29-20(14-17-6-3-2-4-7-17)24(31)27-21(25-28-22(16-38-25)23-8-5-13-37-23)15-18-9-11-19(12-10-18)30-39(33,34)35/h2-13,16,20-21,24,27,30-31H,14-15H2,1H3,(H,29,32)(H,33,34,35)/t20-,21-,24?/m0/s1. The van der Waals surface area contributed by atoms with Crippen molar-refractivity contribution in [3.05, 3.63) is 93.6 Å². The molecule has 1 amide bonds. The largest absolute Gasteiger partial charge is 0.453 e. The molecule has 206 valence electrons. The molecule has 3 atom stereocenters. The van der Waals surface area contributed by atoms with Crippen LogP contribution in [-0.2, 0) is 27.9 Å². The highest BCUT2D eigenvalue weighted by Gasteiger charge is 2.27.